The molecule has 0 amide bonds. The van der Waals surface area contributed by atoms with Gasteiger partial charge in [0.2, 0.25) is 0 Å². The van der Waals surface area contributed by atoms with Gasteiger partial charge in [0.25, 0.3) is 0 Å². The minimum Gasteiger partial charge on any atom is -0.381 e. The normalized spacial score (nSPS) is 17.6. The molecule has 2 aromatic heterocycles. The second-order valence-electron chi connectivity index (χ2n) is 5.50. The number of rotatable bonds is 7. The Labute approximate surface area is 144 Å². The van der Waals surface area contributed by atoms with Gasteiger partial charge in [0.05, 0.1) is 12.3 Å². The Hall–Kier alpha value is -1.25. The number of thioether (sulfide) groups is 1. The molecule has 1 atom stereocenters. The third kappa shape index (κ3) is 4.86. The average molecular weight is 352 g/mol. The number of anilines is 1. The molecule has 23 heavy (non-hydrogen) atoms. The predicted molar refractivity (Wildman–Crippen MR) is 93.4 cm³/mol. The molecular weight excluding hydrogens is 330 g/mol. The molecule has 124 valence electrons. The molecule has 0 radical (unpaired) electrons. The van der Waals surface area contributed by atoms with Crippen molar-refractivity contribution < 1.29 is 4.74 Å². The van der Waals surface area contributed by atoms with Crippen LogP contribution in [0.3, 0.4) is 0 Å². The molecule has 0 aromatic carbocycles. The SMILES string of the molecule is Cc1nc(NCCCSc2nnc(C)s2)cc([C@H]2CCOC2)n1. The molecule has 1 fully saturated rings. The highest BCUT2D eigenvalue weighted by Gasteiger charge is 2.20. The number of nitrogens with zero attached hydrogens (tertiary/aromatic N) is 4. The van der Waals surface area contributed by atoms with Crippen molar-refractivity contribution in [2.24, 2.45) is 0 Å². The summed E-state index contributed by atoms with van der Waals surface area (Å²) in [7, 11) is 0. The van der Waals surface area contributed by atoms with Gasteiger partial charge in [0, 0.05) is 30.9 Å². The van der Waals surface area contributed by atoms with Crippen molar-refractivity contribution >= 4 is 28.9 Å². The highest BCUT2D eigenvalue weighted by Crippen LogP contribution is 2.25. The highest BCUT2D eigenvalue weighted by atomic mass is 32.2. The Bertz CT molecular complexity index is 643. The first-order valence-corrected chi connectivity index (χ1v) is 9.61. The lowest BCUT2D eigenvalue weighted by Crippen LogP contribution is -2.09. The van der Waals surface area contributed by atoms with Gasteiger partial charge in [-0.05, 0) is 26.7 Å². The lowest BCUT2D eigenvalue weighted by atomic mass is 10.0. The number of hydrogen-bond donors (Lipinski definition) is 1. The first kappa shape index (κ1) is 16.6. The second-order valence-corrected chi connectivity index (χ2v) is 8.03. The van der Waals surface area contributed by atoms with Crippen LogP contribution < -0.4 is 5.32 Å². The molecule has 0 saturated carbocycles. The molecule has 3 heterocycles. The van der Waals surface area contributed by atoms with Crippen LogP contribution in [0.25, 0.3) is 0 Å². The zero-order valence-corrected chi connectivity index (χ0v) is 15.0. The van der Waals surface area contributed by atoms with Crippen molar-refractivity contribution in [1.29, 1.82) is 0 Å². The molecule has 8 heteroatoms. The first-order chi connectivity index (χ1) is 11.2. The van der Waals surface area contributed by atoms with Gasteiger partial charge in [-0.3, -0.25) is 0 Å². The summed E-state index contributed by atoms with van der Waals surface area (Å²) in [5.41, 5.74) is 1.09. The lowest BCUT2D eigenvalue weighted by Gasteiger charge is -2.11. The van der Waals surface area contributed by atoms with Crippen LogP contribution in [0.15, 0.2) is 10.4 Å². The van der Waals surface area contributed by atoms with E-state index in [1.165, 1.54) is 0 Å². The molecule has 1 N–H and O–H groups in total. The quantitative estimate of drug-likeness (QED) is 0.607. The van der Waals surface area contributed by atoms with E-state index in [4.69, 9.17) is 4.74 Å². The molecule has 1 aliphatic rings. The minimum atomic E-state index is 0.411. The van der Waals surface area contributed by atoms with Gasteiger partial charge in [-0.1, -0.05) is 23.1 Å². The molecule has 2 aromatic rings. The fourth-order valence-electron chi connectivity index (χ4n) is 2.44. The molecule has 0 bridgehead atoms. The summed E-state index contributed by atoms with van der Waals surface area (Å²) < 4.78 is 6.50. The fourth-order valence-corrected chi connectivity index (χ4v) is 4.27. The summed E-state index contributed by atoms with van der Waals surface area (Å²) >= 11 is 3.41. The third-order valence-corrected chi connectivity index (χ3v) is 5.62. The minimum absolute atomic E-state index is 0.411. The van der Waals surface area contributed by atoms with Crippen molar-refractivity contribution in [3.8, 4) is 0 Å². The van der Waals surface area contributed by atoms with Crippen LogP contribution in [0, 0.1) is 13.8 Å². The van der Waals surface area contributed by atoms with E-state index >= 15 is 0 Å². The van der Waals surface area contributed by atoms with E-state index in [0.29, 0.717) is 5.92 Å². The van der Waals surface area contributed by atoms with E-state index in [-0.39, 0.29) is 0 Å². The summed E-state index contributed by atoms with van der Waals surface area (Å²) in [6, 6.07) is 2.06. The van der Waals surface area contributed by atoms with Crippen molar-refractivity contribution in [2.75, 3.05) is 30.8 Å². The molecule has 1 aliphatic heterocycles. The van der Waals surface area contributed by atoms with Crippen LogP contribution in [0.2, 0.25) is 0 Å². The molecular formula is C15H21N5OS2. The Balaban J connectivity index is 1.46. The van der Waals surface area contributed by atoms with Crippen molar-refractivity contribution in [2.45, 2.75) is 36.9 Å². The molecule has 0 spiro atoms. The van der Waals surface area contributed by atoms with Gasteiger partial charge in [0.15, 0.2) is 4.34 Å². The van der Waals surface area contributed by atoms with Gasteiger partial charge in [-0.25, -0.2) is 9.97 Å². The molecule has 1 saturated heterocycles. The Morgan fingerprint density at radius 1 is 1.35 bits per heavy atom. The van der Waals surface area contributed by atoms with Crippen molar-refractivity contribution in [1.82, 2.24) is 20.2 Å². The van der Waals surface area contributed by atoms with E-state index in [1.807, 2.05) is 13.8 Å². The summed E-state index contributed by atoms with van der Waals surface area (Å²) in [5, 5.41) is 12.6. The second kappa shape index (κ2) is 8.03. The summed E-state index contributed by atoms with van der Waals surface area (Å²) in [6.45, 7) is 6.42. The Morgan fingerprint density at radius 3 is 3.00 bits per heavy atom. The van der Waals surface area contributed by atoms with Crippen LogP contribution >= 0.6 is 23.1 Å². The zero-order valence-electron chi connectivity index (χ0n) is 13.4. The van der Waals surface area contributed by atoms with E-state index < -0.39 is 0 Å². The van der Waals surface area contributed by atoms with Gasteiger partial charge >= 0.3 is 0 Å². The standard InChI is InChI=1S/C15H21N5OS2/c1-10-17-13(12-4-6-21-9-12)8-14(18-10)16-5-3-7-22-15-20-19-11(2)23-15/h8,12H,3-7,9H2,1-2H3,(H,16,17,18)/t12-/m0/s1. The van der Waals surface area contributed by atoms with Gasteiger partial charge in [-0.2, -0.15) is 0 Å². The average Bonchev–Trinajstić information content (AvgIpc) is 3.18. The fraction of sp³-hybridized carbons (Fsp3) is 0.600. The van der Waals surface area contributed by atoms with Crippen molar-refractivity contribution in [3.05, 3.63) is 22.6 Å². The largest absolute Gasteiger partial charge is 0.381 e. The number of aromatic nitrogens is 4. The molecule has 0 unspecified atom stereocenters. The molecule has 6 nitrogen and oxygen atoms in total. The van der Waals surface area contributed by atoms with Crippen LogP contribution in [0.4, 0.5) is 5.82 Å². The molecule has 0 aliphatic carbocycles. The predicted octanol–water partition coefficient (Wildman–Crippen LogP) is 3.04. The van der Waals surface area contributed by atoms with Crippen molar-refractivity contribution in [3.63, 3.8) is 0 Å². The Morgan fingerprint density at radius 2 is 2.26 bits per heavy atom. The van der Waals surface area contributed by atoms with E-state index in [9.17, 15) is 0 Å². The van der Waals surface area contributed by atoms with E-state index in [0.717, 1.165) is 65.0 Å². The van der Waals surface area contributed by atoms with Crippen LogP contribution in [-0.2, 0) is 4.74 Å². The van der Waals surface area contributed by atoms with Gasteiger partial charge < -0.3 is 10.1 Å². The Kier molecular flexibility index (Phi) is 5.80. The monoisotopic (exact) mass is 351 g/mol. The molecule has 3 rings (SSSR count). The third-order valence-electron chi connectivity index (χ3n) is 3.57. The smallest absolute Gasteiger partial charge is 0.174 e. The van der Waals surface area contributed by atoms with Gasteiger partial charge in [-0.15, -0.1) is 10.2 Å². The summed E-state index contributed by atoms with van der Waals surface area (Å²) in [4.78, 5) is 9.03. The summed E-state index contributed by atoms with van der Waals surface area (Å²) in [5.74, 6) is 3.16. The number of aryl methyl sites for hydroxylation is 2. The maximum absolute atomic E-state index is 5.45. The number of ether oxygens (including phenoxy) is 1. The van der Waals surface area contributed by atoms with Crippen LogP contribution in [0.1, 0.15) is 35.3 Å². The first-order valence-electron chi connectivity index (χ1n) is 7.81. The lowest BCUT2D eigenvalue weighted by molar-refractivity contribution is 0.193. The maximum Gasteiger partial charge on any atom is 0.174 e. The number of hydrogen-bond acceptors (Lipinski definition) is 8. The number of nitrogens with one attached hydrogen (secondary N) is 1. The van der Waals surface area contributed by atoms with E-state index in [2.05, 4.69) is 31.5 Å². The maximum atomic E-state index is 5.45. The topological polar surface area (TPSA) is 72.8 Å². The van der Waals surface area contributed by atoms with Crippen LogP contribution in [0.5, 0.6) is 0 Å². The van der Waals surface area contributed by atoms with E-state index in [1.54, 1.807) is 23.1 Å². The zero-order chi connectivity index (χ0) is 16.1. The highest BCUT2D eigenvalue weighted by molar-refractivity contribution is 8.01. The van der Waals surface area contributed by atoms with Crippen LogP contribution in [-0.4, -0.2) is 45.7 Å². The summed E-state index contributed by atoms with van der Waals surface area (Å²) in [6.07, 6.45) is 2.10. The van der Waals surface area contributed by atoms with Gasteiger partial charge in [0.1, 0.15) is 16.6 Å².